The second-order valence-corrected chi connectivity index (χ2v) is 7.54. The van der Waals surface area contributed by atoms with E-state index < -0.39 is 10.0 Å². The molecule has 1 aliphatic rings. The van der Waals surface area contributed by atoms with Gasteiger partial charge in [-0.2, -0.15) is 4.31 Å². The molecule has 0 saturated carbocycles. The van der Waals surface area contributed by atoms with Crippen molar-refractivity contribution in [3.8, 4) is 0 Å². The number of nitrogens with zero attached hydrogens (tertiary/aromatic N) is 1. The van der Waals surface area contributed by atoms with Gasteiger partial charge in [-0.1, -0.05) is 32.9 Å². The zero-order valence-corrected chi connectivity index (χ0v) is 13.3. The van der Waals surface area contributed by atoms with E-state index in [2.05, 4.69) is 19.2 Å². The predicted molar refractivity (Wildman–Crippen MR) is 81.4 cm³/mol. The molecule has 0 atom stereocenters. The maximum Gasteiger partial charge on any atom is 0.243 e. The van der Waals surface area contributed by atoms with Gasteiger partial charge in [0.2, 0.25) is 10.0 Å². The Morgan fingerprint density at radius 3 is 2.25 bits per heavy atom. The smallest absolute Gasteiger partial charge is 0.243 e. The summed E-state index contributed by atoms with van der Waals surface area (Å²) in [6.07, 6.45) is 0.833. The highest BCUT2D eigenvalue weighted by Crippen LogP contribution is 2.23. The van der Waals surface area contributed by atoms with E-state index in [1.807, 2.05) is 19.1 Å². The van der Waals surface area contributed by atoms with Crippen molar-refractivity contribution >= 4 is 10.0 Å². The minimum absolute atomic E-state index is 0.102. The second-order valence-electron chi connectivity index (χ2n) is 5.65. The van der Waals surface area contributed by atoms with E-state index in [0.29, 0.717) is 17.4 Å². The van der Waals surface area contributed by atoms with Gasteiger partial charge in [-0.25, -0.2) is 8.42 Å². The maximum absolute atomic E-state index is 12.7. The van der Waals surface area contributed by atoms with Crippen molar-refractivity contribution in [1.29, 1.82) is 0 Å². The molecule has 1 N–H and O–H groups in total. The quantitative estimate of drug-likeness (QED) is 0.875. The first-order valence-electron chi connectivity index (χ1n) is 7.29. The minimum Gasteiger partial charge on any atom is -0.313 e. The fraction of sp³-hybridized carbons (Fsp3) is 0.600. The first-order chi connectivity index (χ1) is 9.46. The average Bonchev–Trinajstić information content (AvgIpc) is 2.36. The summed E-state index contributed by atoms with van der Waals surface area (Å²) < 4.78 is 27.1. The van der Waals surface area contributed by atoms with Crippen molar-refractivity contribution in [1.82, 2.24) is 9.62 Å². The summed E-state index contributed by atoms with van der Waals surface area (Å²) in [7, 11) is -3.37. The molecular formula is C15H24N2O2S. The highest BCUT2D eigenvalue weighted by molar-refractivity contribution is 7.89. The molecule has 1 fully saturated rings. The highest BCUT2D eigenvalue weighted by Gasteiger charge is 2.34. The van der Waals surface area contributed by atoms with Gasteiger partial charge in [0.1, 0.15) is 0 Å². The van der Waals surface area contributed by atoms with Crippen LogP contribution in [0.25, 0.3) is 0 Å². The summed E-state index contributed by atoms with van der Waals surface area (Å²) in [5, 5.41) is 3.14. The third kappa shape index (κ3) is 3.05. The van der Waals surface area contributed by atoms with Crippen LogP contribution in [0.2, 0.25) is 0 Å². The first kappa shape index (κ1) is 15.5. The topological polar surface area (TPSA) is 49.4 Å². The molecule has 0 spiro atoms. The molecule has 5 heteroatoms. The van der Waals surface area contributed by atoms with Crippen molar-refractivity contribution in [2.24, 2.45) is 0 Å². The van der Waals surface area contributed by atoms with Gasteiger partial charge in [0.05, 0.1) is 10.9 Å². The fourth-order valence-corrected chi connectivity index (χ4v) is 4.07. The molecule has 2 rings (SSSR count). The van der Waals surface area contributed by atoms with Gasteiger partial charge in [-0.05, 0) is 30.0 Å². The molecule has 1 aromatic carbocycles. The third-order valence-electron chi connectivity index (χ3n) is 3.76. The molecule has 0 amide bonds. The van der Waals surface area contributed by atoms with Crippen LogP contribution in [0, 0.1) is 0 Å². The molecule has 0 radical (unpaired) electrons. The van der Waals surface area contributed by atoms with Gasteiger partial charge >= 0.3 is 0 Å². The van der Waals surface area contributed by atoms with E-state index >= 15 is 0 Å². The Kier molecular flexibility index (Phi) is 4.83. The first-order valence-corrected chi connectivity index (χ1v) is 8.73. The van der Waals surface area contributed by atoms with Crippen molar-refractivity contribution in [3.05, 3.63) is 29.8 Å². The Morgan fingerprint density at radius 2 is 1.85 bits per heavy atom. The lowest BCUT2D eigenvalue weighted by Crippen LogP contribution is -2.58. The zero-order chi connectivity index (χ0) is 14.8. The Balaban J connectivity index is 2.27. The van der Waals surface area contributed by atoms with Crippen LogP contribution in [0.15, 0.2) is 29.2 Å². The summed E-state index contributed by atoms with van der Waals surface area (Å²) in [5.74, 6) is 0.411. The van der Waals surface area contributed by atoms with Crippen molar-refractivity contribution < 1.29 is 8.42 Å². The number of hydrogen-bond acceptors (Lipinski definition) is 3. The van der Waals surface area contributed by atoms with Crippen LogP contribution in [0.3, 0.4) is 0 Å². The standard InChI is InChI=1S/C15H24N2O2S/c1-4-9-17(14-10-16-11-14)20(18,19)15-7-5-13(6-8-15)12(2)3/h5-8,12,14,16H,4,9-11H2,1-3H3. The van der Waals surface area contributed by atoms with E-state index in [0.717, 1.165) is 25.1 Å². The average molecular weight is 296 g/mol. The molecule has 112 valence electrons. The van der Waals surface area contributed by atoms with Gasteiger partial charge in [-0.3, -0.25) is 0 Å². The molecule has 20 heavy (non-hydrogen) atoms. The summed E-state index contributed by atoms with van der Waals surface area (Å²) in [6, 6.07) is 7.41. The zero-order valence-electron chi connectivity index (χ0n) is 12.5. The van der Waals surface area contributed by atoms with Crippen molar-refractivity contribution in [3.63, 3.8) is 0 Å². The Labute approximate surface area is 122 Å². The molecule has 0 aromatic heterocycles. The number of benzene rings is 1. The highest BCUT2D eigenvalue weighted by atomic mass is 32.2. The lowest BCUT2D eigenvalue weighted by atomic mass is 10.0. The van der Waals surface area contributed by atoms with Crippen LogP contribution in [0.1, 0.15) is 38.7 Å². The molecular weight excluding hydrogens is 272 g/mol. The lowest BCUT2D eigenvalue weighted by molar-refractivity contribution is 0.242. The number of sulfonamides is 1. The molecule has 1 saturated heterocycles. The monoisotopic (exact) mass is 296 g/mol. The van der Waals surface area contributed by atoms with E-state index in [4.69, 9.17) is 0 Å². The van der Waals surface area contributed by atoms with Crippen LogP contribution in [0.4, 0.5) is 0 Å². The van der Waals surface area contributed by atoms with E-state index in [9.17, 15) is 8.42 Å². The summed E-state index contributed by atoms with van der Waals surface area (Å²) in [4.78, 5) is 0.405. The van der Waals surface area contributed by atoms with Crippen LogP contribution >= 0.6 is 0 Å². The maximum atomic E-state index is 12.7. The molecule has 0 bridgehead atoms. The van der Waals surface area contributed by atoms with Crippen LogP contribution in [0.5, 0.6) is 0 Å². The van der Waals surface area contributed by atoms with Crippen LogP contribution in [-0.2, 0) is 10.0 Å². The molecule has 0 aliphatic carbocycles. The molecule has 0 unspecified atom stereocenters. The number of rotatable bonds is 6. The Morgan fingerprint density at radius 1 is 1.25 bits per heavy atom. The van der Waals surface area contributed by atoms with Gasteiger partial charge in [0.25, 0.3) is 0 Å². The number of hydrogen-bond donors (Lipinski definition) is 1. The SMILES string of the molecule is CCCN(C1CNC1)S(=O)(=O)c1ccc(C(C)C)cc1. The fourth-order valence-electron chi connectivity index (χ4n) is 2.36. The predicted octanol–water partition coefficient (Wildman–Crippen LogP) is 2.18. The van der Waals surface area contributed by atoms with Crippen LogP contribution in [-0.4, -0.2) is 38.4 Å². The second kappa shape index (κ2) is 6.24. The van der Waals surface area contributed by atoms with E-state index in [1.54, 1.807) is 16.4 Å². The summed E-state index contributed by atoms with van der Waals surface area (Å²) >= 11 is 0. The summed E-state index contributed by atoms with van der Waals surface area (Å²) in [6.45, 7) is 8.31. The van der Waals surface area contributed by atoms with E-state index in [1.165, 1.54) is 0 Å². The lowest BCUT2D eigenvalue weighted by Gasteiger charge is -2.37. The number of nitrogens with one attached hydrogen (secondary N) is 1. The summed E-state index contributed by atoms with van der Waals surface area (Å²) in [5.41, 5.74) is 1.16. The van der Waals surface area contributed by atoms with Gasteiger partial charge in [0, 0.05) is 19.6 Å². The van der Waals surface area contributed by atoms with Gasteiger partial charge < -0.3 is 5.32 Å². The third-order valence-corrected chi connectivity index (χ3v) is 5.73. The van der Waals surface area contributed by atoms with E-state index in [-0.39, 0.29) is 6.04 Å². The Bertz CT molecular complexity index is 533. The largest absolute Gasteiger partial charge is 0.313 e. The Hall–Kier alpha value is -0.910. The molecule has 1 aromatic rings. The van der Waals surface area contributed by atoms with Gasteiger partial charge in [-0.15, -0.1) is 0 Å². The van der Waals surface area contributed by atoms with Gasteiger partial charge in [0.15, 0.2) is 0 Å². The molecule has 1 aliphatic heterocycles. The van der Waals surface area contributed by atoms with Crippen molar-refractivity contribution in [2.45, 2.75) is 44.0 Å². The molecule has 4 nitrogen and oxygen atoms in total. The molecule has 1 heterocycles. The minimum atomic E-state index is -3.37. The normalized spacial score (nSPS) is 16.6. The van der Waals surface area contributed by atoms with Crippen LogP contribution < -0.4 is 5.32 Å². The van der Waals surface area contributed by atoms with Crippen molar-refractivity contribution in [2.75, 3.05) is 19.6 Å².